The highest BCUT2D eigenvalue weighted by molar-refractivity contribution is 5.95. The van der Waals surface area contributed by atoms with Gasteiger partial charge in [-0.25, -0.2) is 33.5 Å². The standard InChI is InChI=1S/C23H25F2N9O4/c1-4-5-13-18(31-23(36)38-7-6-19-26-11-28-33(19)2)10-34-20(13)21(27-12-29-34)30-17-8-14(22(35)32-37-3)15(24)9-16(17)25/h8-12H,4-7H2,1-3H3,(H,31,36)(H,32,35)(H,27,29,30). The van der Waals surface area contributed by atoms with Gasteiger partial charge in [-0.2, -0.15) is 10.2 Å². The van der Waals surface area contributed by atoms with E-state index in [1.54, 1.807) is 17.9 Å². The second-order valence-corrected chi connectivity index (χ2v) is 8.06. The quantitative estimate of drug-likeness (QED) is 0.264. The van der Waals surface area contributed by atoms with E-state index in [0.29, 0.717) is 47.9 Å². The number of carbonyl (C=O) groups is 2. The Morgan fingerprint density at radius 3 is 2.55 bits per heavy atom. The van der Waals surface area contributed by atoms with E-state index in [1.165, 1.54) is 24.3 Å². The van der Waals surface area contributed by atoms with Crippen LogP contribution < -0.4 is 16.1 Å². The van der Waals surface area contributed by atoms with Crippen LogP contribution in [0.3, 0.4) is 0 Å². The van der Waals surface area contributed by atoms with Crippen LogP contribution in [-0.4, -0.2) is 55.1 Å². The third-order valence-corrected chi connectivity index (χ3v) is 5.53. The molecule has 0 aliphatic carbocycles. The molecule has 0 bridgehead atoms. The Kier molecular flexibility index (Phi) is 8.06. The number of benzene rings is 1. The lowest BCUT2D eigenvalue weighted by Crippen LogP contribution is -2.23. The van der Waals surface area contributed by atoms with Crippen LogP contribution in [0.1, 0.15) is 35.1 Å². The number of hydrogen-bond donors (Lipinski definition) is 3. The highest BCUT2D eigenvalue weighted by atomic mass is 19.1. The lowest BCUT2D eigenvalue weighted by Gasteiger charge is -2.12. The van der Waals surface area contributed by atoms with Gasteiger partial charge in [-0.1, -0.05) is 13.3 Å². The van der Waals surface area contributed by atoms with Gasteiger partial charge in [0.05, 0.1) is 30.2 Å². The van der Waals surface area contributed by atoms with Crippen molar-refractivity contribution in [3.8, 4) is 0 Å². The van der Waals surface area contributed by atoms with Gasteiger partial charge in [0.1, 0.15) is 42.2 Å². The fourth-order valence-corrected chi connectivity index (χ4v) is 3.80. The van der Waals surface area contributed by atoms with E-state index in [0.717, 1.165) is 6.07 Å². The molecular weight excluding hydrogens is 504 g/mol. The number of ether oxygens (including phenoxy) is 1. The maximum Gasteiger partial charge on any atom is 0.411 e. The monoisotopic (exact) mass is 529 g/mol. The Hall–Kier alpha value is -4.66. The van der Waals surface area contributed by atoms with Crippen molar-refractivity contribution in [1.29, 1.82) is 0 Å². The molecular formula is C23H25F2N9O4. The number of nitrogens with one attached hydrogen (secondary N) is 3. The van der Waals surface area contributed by atoms with Crippen molar-refractivity contribution < 1.29 is 27.9 Å². The summed E-state index contributed by atoms with van der Waals surface area (Å²) in [5.74, 6) is -2.05. The number of aryl methyl sites for hydroxylation is 2. The number of anilines is 3. The molecule has 0 aliphatic rings. The topological polar surface area (TPSA) is 150 Å². The van der Waals surface area contributed by atoms with E-state index >= 15 is 0 Å². The average molecular weight is 530 g/mol. The van der Waals surface area contributed by atoms with Crippen LogP contribution in [0.4, 0.5) is 30.8 Å². The number of aromatic nitrogens is 6. The van der Waals surface area contributed by atoms with Gasteiger partial charge in [-0.15, -0.1) is 0 Å². The summed E-state index contributed by atoms with van der Waals surface area (Å²) in [7, 11) is 2.93. The molecule has 3 N–H and O–H groups in total. The van der Waals surface area contributed by atoms with Crippen LogP contribution in [0, 0.1) is 11.6 Å². The Morgan fingerprint density at radius 1 is 1.05 bits per heavy atom. The zero-order valence-electron chi connectivity index (χ0n) is 20.8. The van der Waals surface area contributed by atoms with E-state index in [4.69, 9.17) is 4.74 Å². The van der Waals surface area contributed by atoms with Crippen LogP contribution >= 0.6 is 0 Å². The molecule has 0 saturated heterocycles. The molecule has 0 saturated carbocycles. The van der Waals surface area contributed by atoms with Crippen LogP contribution in [0.2, 0.25) is 0 Å². The van der Waals surface area contributed by atoms with Gasteiger partial charge < -0.3 is 10.1 Å². The fraction of sp³-hybridized carbons (Fsp3) is 0.304. The van der Waals surface area contributed by atoms with Crippen molar-refractivity contribution in [1.82, 2.24) is 34.8 Å². The number of fused-ring (bicyclic) bond motifs is 1. The highest BCUT2D eigenvalue weighted by Gasteiger charge is 2.21. The number of hydrogen-bond acceptors (Lipinski definition) is 9. The molecule has 13 nitrogen and oxygen atoms in total. The molecule has 4 aromatic rings. The van der Waals surface area contributed by atoms with Crippen LogP contribution in [0.15, 0.2) is 31.0 Å². The second-order valence-electron chi connectivity index (χ2n) is 8.06. The van der Waals surface area contributed by atoms with Crippen LogP contribution in [0.5, 0.6) is 0 Å². The normalized spacial score (nSPS) is 11.0. The predicted octanol–water partition coefficient (Wildman–Crippen LogP) is 2.91. The van der Waals surface area contributed by atoms with Gasteiger partial charge in [0, 0.05) is 25.1 Å². The van der Waals surface area contributed by atoms with Crippen molar-refractivity contribution in [2.24, 2.45) is 7.05 Å². The predicted molar refractivity (Wildman–Crippen MR) is 131 cm³/mol. The zero-order chi connectivity index (χ0) is 27.2. The first-order valence-electron chi connectivity index (χ1n) is 11.5. The van der Waals surface area contributed by atoms with E-state index in [1.807, 2.05) is 12.4 Å². The van der Waals surface area contributed by atoms with Gasteiger partial charge in [0.2, 0.25) is 0 Å². The van der Waals surface area contributed by atoms with Crippen molar-refractivity contribution in [3.05, 3.63) is 59.6 Å². The molecule has 0 fully saturated rings. The third-order valence-electron chi connectivity index (χ3n) is 5.53. The summed E-state index contributed by atoms with van der Waals surface area (Å²) in [6.45, 7) is 2.04. The van der Waals surface area contributed by atoms with Crippen LogP contribution in [-0.2, 0) is 29.5 Å². The van der Waals surface area contributed by atoms with Gasteiger partial charge in [-0.05, 0) is 12.5 Å². The molecule has 2 amide bonds. The first-order valence-corrected chi connectivity index (χ1v) is 11.5. The fourth-order valence-electron chi connectivity index (χ4n) is 3.80. The Balaban J connectivity index is 1.60. The van der Waals surface area contributed by atoms with E-state index in [9.17, 15) is 18.4 Å². The number of hydroxylamine groups is 1. The Bertz CT molecular complexity index is 1470. The summed E-state index contributed by atoms with van der Waals surface area (Å²) in [6.07, 6.45) is 5.15. The van der Waals surface area contributed by atoms with E-state index in [-0.39, 0.29) is 18.1 Å². The SMILES string of the molecule is CCCc1c(NC(=O)OCCc2ncnn2C)cn2ncnc(Nc3cc(C(=O)NOC)c(F)cc3F)c12. The average Bonchev–Trinajstić information content (AvgIpc) is 3.44. The zero-order valence-corrected chi connectivity index (χ0v) is 20.8. The minimum Gasteiger partial charge on any atom is -0.449 e. The molecule has 3 aromatic heterocycles. The Labute approximate surface area is 215 Å². The summed E-state index contributed by atoms with van der Waals surface area (Å²) in [4.78, 5) is 37.4. The number of rotatable bonds is 10. The molecule has 0 atom stereocenters. The van der Waals surface area contributed by atoms with Crippen LogP contribution in [0.25, 0.3) is 5.52 Å². The van der Waals surface area contributed by atoms with Gasteiger partial charge >= 0.3 is 6.09 Å². The minimum atomic E-state index is -1.06. The molecule has 38 heavy (non-hydrogen) atoms. The van der Waals surface area contributed by atoms with Gasteiger partial charge in [0.15, 0.2) is 5.82 Å². The molecule has 3 heterocycles. The largest absolute Gasteiger partial charge is 0.449 e. The summed E-state index contributed by atoms with van der Waals surface area (Å²) in [6, 6.07) is 1.59. The Morgan fingerprint density at radius 2 is 1.84 bits per heavy atom. The van der Waals surface area contributed by atoms with Gasteiger partial charge in [0.25, 0.3) is 5.91 Å². The molecule has 0 aliphatic heterocycles. The summed E-state index contributed by atoms with van der Waals surface area (Å²) >= 11 is 0. The lowest BCUT2D eigenvalue weighted by atomic mass is 10.1. The molecule has 0 unspecified atom stereocenters. The lowest BCUT2D eigenvalue weighted by molar-refractivity contribution is 0.0533. The van der Waals surface area contributed by atoms with Crippen molar-refractivity contribution in [3.63, 3.8) is 0 Å². The molecule has 0 radical (unpaired) electrons. The third kappa shape index (κ3) is 5.67. The molecule has 1 aromatic carbocycles. The number of halogens is 2. The summed E-state index contributed by atoms with van der Waals surface area (Å²) in [5, 5.41) is 13.7. The van der Waals surface area contributed by atoms with Crippen molar-refractivity contribution in [2.45, 2.75) is 26.2 Å². The summed E-state index contributed by atoms with van der Waals surface area (Å²) in [5.41, 5.74) is 2.91. The van der Waals surface area contributed by atoms with Gasteiger partial charge in [-0.3, -0.25) is 19.6 Å². The molecule has 15 heteroatoms. The number of carbonyl (C=O) groups excluding carboxylic acids is 2. The van der Waals surface area contributed by atoms with E-state index < -0.39 is 29.2 Å². The van der Waals surface area contributed by atoms with Crippen molar-refractivity contribution >= 4 is 34.7 Å². The molecule has 0 spiro atoms. The van der Waals surface area contributed by atoms with E-state index in [2.05, 4.69) is 35.6 Å². The highest BCUT2D eigenvalue weighted by Crippen LogP contribution is 2.31. The van der Waals surface area contributed by atoms with Crippen molar-refractivity contribution in [2.75, 3.05) is 24.4 Å². The summed E-state index contributed by atoms with van der Waals surface area (Å²) < 4.78 is 37.2. The minimum absolute atomic E-state index is 0.0876. The molecule has 200 valence electrons. The second kappa shape index (κ2) is 11.6. The maximum absolute atomic E-state index is 14.6. The maximum atomic E-state index is 14.6. The smallest absolute Gasteiger partial charge is 0.411 e. The first-order chi connectivity index (χ1) is 18.3. The molecule has 4 rings (SSSR count). The number of amides is 2. The first kappa shape index (κ1) is 26.4. The number of nitrogens with zero attached hydrogens (tertiary/aromatic N) is 6.